The molecule has 0 unspecified atom stereocenters. The lowest BCUT2D eigenvalue weighted by Gasteiger charge is -2.05. The summed E-state index contributed by atoms with van der Waals surface area (Å²) in [4.78, 5) is 0. The maximum Gasteiger partial charge on any atom is 0.262 e. The normalized spacial score (nSPS) is 12.2. The molecule has 0 amide bonds. The van der Waals surface area contributed by atoms with E-state index in [0.29, 0.717) is 13.2 Å². The van der Waals surface area contributed by atoms with Crippen molar-refractivity contribution in [3.8, 4) is 11.5 Å². The van der Waals surface area contributed by atoms with Crippen LogP contribution in [0.4, 0.5) is 0 Å². The number of nitrogens with zero attached hydrogens (tertiary/aromatic N) is 1. The fourth-order valence-electron chi connectivity index (χ4n) is 3.63. The van der Waals surface area contributed by atoms with Crippen molar-refractivity contribution in [3.63, 3.8) is 0 Å². The van der Waals surface area contributed by atoms with Crippen molar-refractivity contribution >= 4 is 65.2 Å². The first-order chi connectivity index (χ1) is 15.4. The average molecular weight is 490 g/mol. The number of hydrogen-bond donors (Lipinski definition) is 0. The number of aryl methyl sites for hydroxylation is 1. The highest BCUT2D eigenvalue weighted by atomic mass is 32.2. The van der Waals surface area contributed by atoms with Crippen molar-refractivity contribution in [1.29, 1.82) is 0 Å². The molecular weight excluding hydrogens is 466 g/mol. The van der Waals surface area contributed by atoms with Gasteiger partial charge in [0.15, 0.2) is 6.54 Å². The summed E-state index contributed by atoms with van der Waals surface area (Å²) >= 11 is 3.23. The monoisotopic (exact) mass is 489 g/mol. The molecule has 0 saturated carbocycles. The molecule has 2 aromatic heterocycles. The molecule has 0 aliphatic heterocycles. The molecule has 4 rings (SSSR count). The zero-order valence-corrected chi connectivity index (χ0v) is 20.2. The average Bonchev–Trinajstić information content (AvgIpc) is 3.36. The minimum Gasteiger partial charge on any atom is -0.748 e. The highest BCUT2D eigenvalue weighted by Crippen LogP contribution is 2.38. The third-order valence-electron chi connectivity index (χ3n) is 4.98. The largest absolute Gasteiger partial charge is 0.748 e. The number of rotatable bonds is 9. The number of fused-ring (bicyclic) bond motifs is 3. The van der Waals surface area contributed by atoms with Gasteiger partial charge in [-0.15, -0.1) is 11.3 Å². The van der Waals surface area contributed by atoms with Crippen LogP contribution in [0.3, 0.4) is 0 Å². The van der Waals surface area contributed by atoms with E-state index in [9.17, 15) is 13.0 Å². The Morgan fingerprint density at radius 3 is 2.78 bits per heavy atom. The third-order valence-corrected chi connectivity index (χ3v) is 7.78. The second-order valence-electron chi connectivity index (χ2n) is 7.14. The maximum atomic E-state index is 11.2. The summed E-state index contributed by atoms with van der Waals surface area (Å²) in [5.41, 5.74) is 2.03. The van der Waals surface area contributed by atoms with E-state index < -0.39 is 10.1 Å². The summed E-state index contributed by atoms with van der Waals surface area (Å²) in [7, 11) is -2.60. The van der Waals surface area contributed by atoms with Gasteiger partial charge in [-0.05, 0) is 42.1 Å². The fourth-order valence-corrected chi connectivity index (χ4v) is 6.28. The molecule has 0 saturated heterocycles. The smallest absolute Gasteiger partial charge is 0.262 e. The Morgan fingerprint density at radius 2 is 2.03 bits per heavy atom. The minimum absolute atomic E-state index is 0.252. The SMILES string of the molecule is CCOc1cccc(/C=C/c2sc3cc(OC)c4ccsc4c3[n+]2CCCS(=O)(=O)[O-])c1. The molecule has 0 radical (unpaired) electrons. The van der Waals surface area contributed by atoms with Crippen LogP contribution in [-0.2, 0) is 16.7 Å². The van der Waals surface area contributed by atoms with Crippen LogP contribution in [0.15, 0.2) is 41.8 Å². The van der Waals surface area contributed by atoms with Gasteiger partial charge in [-0.3, -0.25) is 0 Å². The second-order valence-corrected chi connectivity index (χ2v) is 10.6. The van der Waals surface area contributed by atoms with E-state index in [1.807, 2.05) is 60.9 Å². The molecule has 9 heteroatoms. The Labute approximate surface area is 195 Å². The lowest BCUT2D eigenvalue weighted by Crippen LogP contribution is -2.36. The molecule has 2 aromatic carbocycles. The first-order valence-corrected chi connectivity index (χ1v) is 13.4. The van der Waals surface area contributed by atoms with E-state index in [1.54, 1.807) is 29.8 Å². The molecule has 0 aliphatic carbocycles. The van der Waals surface area contributed by atoms with Crippen LogP contribution in [0.5, 0.6) is 11.5 Å². The van der Waals surface area contributed by atoms with Crippen molar-refractivity contribution in [2.45, 2.75) is 19.9 Å². The molecule has 6 nitrogen and oxygen atoms in total. The standard InChI is InChI=1S/C23H23NO5S3/c1-3-29-17-7-4-6-16(14-17)8-9-21-24(11-5-13-32(25,26)27)22-20(31-21)15-19(28-2)18-10-12-30-23(18)22/h4,6-10,12,14-15H,3,5,11,13H2,1-2H3/b9-8+. The quantitative estimate of drug-likeness (QED) is 0.246. The Morgan fingerprint density at radius 1 is 1.19 bits per heavy atom. The Bertz CT molecular complexity index is 1390. The minimum atomic E-state index is -4.26. The zero-order chi connectivity index (χ0) is 22.7. The van der Waals surface area contributed by atoms with E-state index >= 15 is 0 Å². The van der Waals surface area contributed by atoms with Crippen molar-refractivity contribution in [2.75, 3.05) is 19.5 Å². The number of thiophene rings is 1. The highest BCUT2D eigenvalue weighted by Gasteiger charge is 2.24. The van der Waals surface area contributed by atoms with Gasteiger partial charge in [0, 0.05) is 29.7 Å². The van der Waals surface area contributed by atoms with Gasteiger partial charge in [0.1, 0.15) is 20.9 Å². The Hall–Kier alpha value is -2.46. The molecule has 0 fully saturated rings. The maximum absolute atomic E-state index is 11.2. The van der Waals surface area contributed by atoms with Crippen molar-refractivity contribution in [1.82, 2.24) is 0 Å². The van der Waals surface area contributed by atoms with Gasteiger partial charge in [0.2, 0.25) is 5.52 Å². The van der Waals surface area contributed by atoms with Crippen LogP contribution in [0, 0.1) is 0 Å². The molecule has 0 spiro atoms. The predicted molar refractivity (Wildman–Crippen MR) is 130 cm³/mol. The van der Waals surface area contributed by atoms with Crippen molar-refractivity contribution in [3.05, 3.63) is 52.3 Å². The Kier molecular flexibility index (Phi) is 6.80. The zero-order valence-electron chi connectivity index (χ0n) is 17.7. The van der Waals surface area contributed by atoms with Gasteiger partial charge >= 0.3 is 0 Å². The molecular formula is C23H23NO5S3. The summed E-state index contributed by atoms with van der Waals surface area (Å²) in [6.07, 6.45) is 4.28. The van der Waals surface area contributed by atoms with E-state index in [2.05, 4.69) is 4.57 Å². The molecule has 0 atom stereocenters. The molecule has 2 heterocycles. The van der Waals surface area contributed by atoms with Crippen LogP contribution in [-0.4, -0.2) is 32.4 Å². The van der Waals surface area contributed by atoms with Crippen LogP contribution >= 0.6 is 22.7 Å². The predicted octanol–water partition coefficient (Wildman–Crippen LogP) is 4.92. The molecule has 32 heavy (non-hydrogen) atoms. The van der Waals surface area contributed by atoms with Gasteiger partial charge in [0.25, 0.3) is 5.01 Å². The summed E-state index contributed by atoms with van der Waals surface area (Å²) < 4.78 is 48.9. The number of methoxy groups -OCH3 is 1. The topological polar surface area (TPSA) is 79.5 Å². The number of hydrogen-bond acceptors (Lipinski definition) is 7. The fraction of sp³-hybridized carbons (Fsp3) is 0.261. The lowest BCUT2D eigenvalue weighted by molar-refractivity contribution is -0.667. The molecule has 168 valence electrons. The number of aromatic nitrogens is 1. The van der Waals surface area contributed by atoms with Gasteiger partial charge in [-0.2, -0.15) is 4.57 Å². The third kappa shape index (κ3) is 4.96. The summed E-state index contributed by atoms with van der Waals surface area (Å²) in [6.45, 7) is 2.98. The van der Waals surface area contributed by atoms with Crippen LogP contribution in [0.25, 0.3) is 32.5 Å². The van der Waals surface area contributed by atoms with Crippen molar-refractivity contribution in [2.24, 2.45) is 0 Å². The van der Waals surface area contributed by atoms with E-state index in [1.165, 1.54) is 0 Å². The second kappa shape index (κ2) is 9.58. The summed E-state index contributed by atoms with van der Waals surface area (Å²) in [5.74, 6) is 1.23. The summed E-state index contributed by atoms with van der Waals surface area (Å²) in [5, 5.41) is 4.01. The van der Waals surface area contributed by atoms with E-state index in [4.69, 9.17) is 9.47 Å². The number of thiazole rings is 1. The summed E-state index contributed by atoms with van der Waals surface area (Å²) in [6, 6.07) is 11.9. The van der Waals surface area contributed by atoms with Crippen LogP contribution in [0.1, 0.15) is 23.9 Å². The van der Waals surface area contributed by atoms with Gasteiger partial charge in [-0.25, -0.2) is 8.42 Å². The molecule has 0 N–H and O–H groups in total. The van der Waals surface area contributed by atoms with Crippen LogP contribution in [0.2, 0.25) is 0 Å². The van der Waals surface area contributed by atoms with E-state index in [-0.39, 0.29) is 12.2 Å². The highest BCUT2D eigenvalue weighted by molar-refractivity contribution is 7.85. The van der Waals surface area contributed by atoms with Gasteiger partial charge in [0.05, 0.1) is 23.8 Å². The van der Waals surface area contributed by atoms with E-state index in [0.717, 1.165) is 42.4 Å². The first kappa shape index (κ1) is 22.7. The van der Waals surface area contributed by atoms with Gasteiger partial charge in [-0.1, -0.05) is 23.5 Å². The molecule has 4 aromatic rings. The van der Waals surface area contributed by atoms with Crippen molar-refractivity contribution < 1.29 is 27.0 Å². The van der Waals surface area contributed by atoms with Crippen LogP contribution < -0.4 is 14.0 Å². The lowest BCUT2D eigenvalue weighted by atomic mass is 10.2. The molecule has 0 aliphatic rings. The first-order valence-electron chi connectivity index (χ1n) is 10.1. The number of ether oxygens (including phenoxy) is 2. The number of benzene rings is 2. The Balaban J connectivity index is 1.79. The van der Waals surface area contributed by atoms with Gasteiger partial charge < -0.3 is 14.0 Å². The molecule has 0 bridgehead atoms.